The van der Waals surface area contributed by atoms with Gasteiger partial charge in [0.15, 0.2) is 0 Å². The van der Waals surface area contributed by atoms with E-state index >= 15 is 0 Å². The van der Waals surface area contributed by atoms with Gasteiger partial charge in [-0.25, -0.2) is 4.39 Å². The van der Waals surface area contributed by atoms with Gasteiger partial charge in [-0.05, 0) is 23.7 Å². The van der Waals surface area contributed by atoms with Crippen molar-refractivity contribution in [3.05, 3.63) is 35.6 Å². The molecule has 1 N–H and O–H groups in total. The van der Waals surface area contributed by atoms with Gasteiger partial charge in [0.2, 0.25) is 0 Å². The Morgan fingerprint density at radius 1 is 1.44 bits per heavy atom. The molecule has 0 heterocycles. The molecule has 1 aromatic carbocycles. The van der Waals surface area contributed by atoms with Crippen molar-refractivity contribution in [1.82, 2.24) is 0 Å². The van der Waals surface area contributed by atoms with Crippen LogP contribution in [0, 0.1) is 5.82 Å². The molecule has 0 saturated carbocycles. The van der Waals surface area contributed by atoms with Crippen molar-refractivity contribution in [3.8, 4) is 0 Å². The zero-order valence-electron chi connectivity index (χ0n) is 9.83. The van der Waals surface area contributed by atoms with Crippen molar-refractivity contribution in [2.75, 3.05) is 0 Å². The van der Waals surface area contributed by atoms with Crippen LogP contribution < -0.4 is 0 Å². The normalized spacial score (nSPS) is 13.5. The molecule has 0 radical (unpaired) electrons. The van der Waals surface area contributed by atoms with Gasteiger partial charge in [0, 0.05) is 8.07 Å². The lowest BCUT2D eigenvalue weighted by Crippen LogP contribution is -2.26. The fourth-order valence-electron chi connectivity index (χ4n) is 1.68. The van der Waals surface area contributed by atoms with Gasteiger partial charge in [-0.2, -0.15) is 0 Å². The molecule has 1 rings (SSSR count). The van der Waals surface area contributed by atoms with Crippen molar-refractivity contribution in [2.45, 2.75) is 31.6 Å². The monoisotopic (exact) mass is 240 g/mol. The predicted molar refractivity (Wildman–Crippen MR) is 64.9 cm³/mol. The summed E-state index contributed by atoms with van der Waals surface area (Å²) in [5, 5.41) is 9.18. The molecule has 0 aliphatic carbocycles. The summed E-state index contributed by atoms with van der Waals surface area (Å²) >= 11 is 0. The molecule has 1 atom stereocenters. The highest BCUT2D eigenvalue weighted by Crippen LogP contribution is 2.27. The Bertz CT molecular complexity index is 385. The van der Waals surface area contributed by atoms with Gasteiger partial charge in [-0.1, -0.05) is 31.8 Å². The molecule has 0 saturated heterocycles. The van der Waals surface area contributed by atoms with E-state index in [1.165, 1.54) is 12.1 Å². The minimum absolute atomic E-state index is 0.376. The van der Waals surface area contributed by atoms with E-state index in [4.69, 9.17) is 0 Å². The Labute approximate surface area is 96.1 Å². The number of benzene rings is 1. The van der Waals surface area contributed by atoms with E-state index in [0.29, 0.717) is 11.6 Å². The van der Waals surface area contributed by atoms with E-state index < -0.39 is 20.0 Å². The van der Waals surface area contributed by atoms with Gasteiger partial charge < -0.3 is 5.11 Å². The maximum absolute atomic E-state index is 13.0. The lowest BCUT2D eigenvalue weighted by molar-refractivity contribution is -0.138. The van der Waals surface area contributed by atoms with Crippen LogP contribution in [0.15, 0.2) is 24.3 Å². The number of hydrogen-bond donors (Lipinski definition) is 1. The van der Waals surface area contributed by atoms with Crippen LogP contribution in [0.2, 0.25) is 25.7 Å². The third-order valence-corrected chi connectivity index (χ3v) is 4.00. The molecule has 4 heteroatoms. The van der Waals surface area contributed by atoms with Gasteiger partial charge in [-0.15, -0.1) is 0 Å². The lowest BCUT2D eigenvalue weighted by atomic mass is 10.0. The molecule has 0 bridgehead atoms. The Morgan fingerprint density at radius 2 is 2.06 bits per heavy atom. The fourth-order valence-corrected chi connectivity index (χ4v) is 3.32. The van der Waals surface area contributed by atoms with Crippen molar-refractivity contribution in [1.29, 1.82) is 0 Å². The number of aliphatic carboxylic acids is 1. The Morgan fingerprint density at radius 3 is 2.50 bits per heavy atom. The maximum atomic E-state index is 13.0. The summed E-state index contributed by atoms with van der Waals surface area (Å²) in [6.45, 7) is 6.34. The largest absolute Gasteiger partial charge is 0.481 e. The number of rotatable bonds is 4. The molecular formula is C12H17FO2Si. The van der Waals surface area contributed by atoms with Crippen LogP contribution in [-0.4, -0.2) is 19.1 Å². The van der Waals surface area contributed by atoms with Crippen LogP contribution in [0.25, 0.3) is 0 Å². The van der Waals surface area contributed by atoms with E-state index in [9.17, 15) is 14.3 Å². The summed E-state index contributed by atoms with van der Waals surface area (Å²) in [6.07, 6.45) is 0. The van der Waals surface area contributed by atoms with Crippen molar-refractivity contribution >= 4 is 14.0 Å². The first kappa shape index (κ1) is 12.9. The Kier molecular flexibility index (Phi) is 3.86. The summed E-state index contributed by atoms with van der Waals surface area (Å²) in [6, 6.07) is 6.52. The standard InChI is InChI=1S/C12H17FO2Si/c1-16(2,3)8-11(12(14)15)9-5-4-6-10(13)7-9/h4-7,11H,8H2,1-3H3,(H,14,15). The van der Waals surface area contributed by atoms with Crippen LogP contribution in [0.4, 0.5) is 4.39 Å². The summed E-state index contributed by atoms with van der Waals surface area (Å²) in [5.74, 6) is -1.82. The second-order valence-corrected chi connectivity index (χ2v) is 10.7. The van der Waals surface area contributed by atoms with Gasteiger partial charge in [0.1, 0.15) is 5.82 Å². The molecule has 0 aliphatic heterocycles. The molecule has 0 amide bonds. The average Bonchev–Trinajstić information content (AvgIpc) is 2.12. The van der Waals surface area contributed by atoms with Crippen LogP contribution in [-0.2, 0) is 4.79 Å². The van der Waals surface area contributed by atoms with Gasteiger partial charge in [-0.3, -0.25) is 4.79 Å². The topological polar surface area (TPSA) is 37.3 Å². The van der Waals surface area contributed by atoms with Crippen molar-refractivity contribution in [2.24, 2.45) is 0 Å². The molecule has 16 heavy (non-hydrogen) atoms. The fraction of sp³-hybridized carbons (Fsp3) is 0.417. The second kappa shape index (κ2) is 4.78. The number of hydrogen-bond acceptors (Lipinski definition) is 1. The summed E-state index contributed by atoms with van der Waals surface area (Å²) < 4.78 is 13.0. The predicted octanol–water partition coefficient (Wildman–Crippen LogP) is 3.33. The van der Waals surface area contributed by atoms with Gasteiger partial charge >= 0.3 is 5.97 Å². The third-order valence-electron chi connectivity index (χ3n) is 2.37. The van der Waals surface area contributed by atoms with Crippen LogP contribution in [0.3, 0.4) is 0 Å². The quantitative estimate of drug-likeness (QED) is 0.820. The summed E-state index contributed by atoms with van der Waals surface area (Å²) in [4.78, 5) is 11.2. The molecule has 0 spiro atoms. The Balaban J connectivity index is 2.99. The van der Waals surface area contributed by atoms with E-state index in [0.717, 1.165) is 0 Å². The highest BCUT2D eigenvalue weighted by molar-refractivity contribution is 6.76. The molecule has 1 aromatic rings. The highest BCUT2D eigenvalue weighted by atomic mass is 28.3. The molecule has 0 aromatic heterocycles. The number of halogens is 1. The van der Waals surface area contributed by atoms with Crippen LogP contribution >= 0.6 is 0 Å². The summed E-state index contributed by atoms with van der Waals surface area (Å²) in [5.41, 5.74) is 0.565. The van der Waals surface area contributed by atoms with Crippen molar-refractivity contribution in [3.63, 3.8) is 0 Å². The molecule has 0 aliphatic rings. The van der Waals surface area contributed by atoms with Crippen LogP contribution in [0.1, 0.15) is 11.5 Å². The maximum Gasteiger partial charge on any atom is 0.310 e. The van der Waals surface area contributed by atoms with E-state index in [1.807, 2.05) is 0 Å². The number of carboxylic acid groups (broad SMARTS) is 1. The van der Waals surface area contributed by atoms with Crippen molar-refractivity contribution < 1.29 is 14.3 Å². The van der Waals surface area contributed by atoms with E-state index in [-0.39, 0.29) is 5.82 Å². The summed E-state index contributed by atoms with van der Waals surface area (Å²) in [7, 11) is -1.49. The lowest BCUT2D eigenvalue weighted by Gasteiger charge is -2.21. The molecule has 0 fully saturated rings. The molecule has 1 unspecified atom stereocenters. The van der Waals surface area contributed by atoms with Gasteiger partial charge in [0.25, 0.3) is 0 Å². The SMILES string of the molecule is C[Si](C)(C)CC(C(=O)O)c1cccc(F)c1. The smallest absolute Gasteiger partial charge is 0.310 e. The zero-order chi connectivity index (χ0) is 12.3. The van der Waals surface area contributed by atoms with Gasteiger partial charge in [0.05, 0.1) is 5.92 Å². The molecule has 2 nitrogen and oxygen atoms in total. The second-order valence-electron chi connectivity index (χ2n) is 5.21. The van der Waals surface area contributed by atoms with Crippen LogP contribution in [0.5, 0.6) is 0 Å². The number of carbonyl (C=O) groups is 1. The minimum Gasteiger partial charge on any atom is -0.481 e. The molecular weight excluding hydrogens is 223 g/mol. The highest BCUT2D eigenvalue weighted by Gasteiger charge is 2.27. The average molecular weight is 240 g/mol. The van der Waals surface area contributed by atoms with E-state index in [2.05, 4.69) is 19.6 Å². The third kappa shape index (κ3) is 3.77. The first-order valence-electron chi connectivity index (χ1n) is 5.28. The van der Waals surface area contributed by atoms with E-state index in [1.54, 1.807) is 12.1 Å². The first-order valence-corrected chi connectivity index (χ1v) is 8.98. The number of carboxylic acids is 1. The first-order chi connectivity index (χ1) is 7.29. The minimum atomic E-state index is -1.49. The zero-order valence-corrected chi connectivity index (χ0v) is 10.8. The Hall–Kier alpha value is -1.16. The molecule has 88 valence electrons.